The highest BCUT2D eigenvalue weighted by Crippen LogP contribution is 2.39. The number of hydrogen-bond donors (Lipinski definition) is 0. The molecule has 0 N–H and O–H groups in total. The van der Waals surface area contributed by atoms with Crippen molar-refractivity contribution in [1.82, 2.24) is 0 Å². The Morgan fingerprint density at radius 2 is 0.896 bits per heavy atom. The first-order valence-corrected chi connectivity index (χ1v) is 16.3. The molecule has 0 amide bonds. The second-order valence-corrected chi connectivity index (χ2v) is 12.2. The van der Waals surface area contributed by atoms with Crippen LogP contribution in [0, 0.1) is 0 Å². The van der Waals surface area contributed by atoms with E-state index in [1.54, 1.807) is 0 Å². The molecule has 1 aromatic heterocycles. The van der Waals surface area contributed by atoms with Crippen LogP contribution in [0.2, 0.25) is 0 Å². The third-order valence-electron chi connectivity index (χ3n) is 9.27. The van der Waals surface area contributed by atoms with Gasteiger partial charge in [-0.15, -0.1) is 0 Å². The van der Waals surface area contributed by atoms with E-state index in [4.69, 9.17) is 4.42 Å². The van der Waals surface area contributed by atoms with Gasteiger partial charge >= 0.3 is 0 Å². The van der Waals surface area contributed by atoms with Gasteiger partial charge in [-0.2, -0.15) is 0 Å². The molecule has 0 aliphatic carbocycles. The van der Waals surface area contributed by atoms with E-state index in [0.29, 0.717) is 0 Å². The van der Waals surface area contributed by atoms with Crippen molar-refractivity contribution in [2.45, 2.75) is 0 Å². The van der Waals surface area contributed by atoms with Crippen molar-refractivity contribution >= 4 is 49.6 Å². The Bertz CT molecular complexity index is 2510. The van der Waals surface area contributed by atoms with Crippen LogP contribution in [0.5, 0.6) is 0 Å². The third-order valence-corrected chi connectivity index (χ3v) is 9.27. The summed E-state index contributed by atoms with van der Waals surface area (Å²) < 4.78 is 6.24. The van der Waals surface area contributed by atoms with Gasteiger partial charge in [-0.05, 0) is 92.3 Å². The highest BCUT2D eigenvalue weighted by Gasteiger charge is 2.15. The molecule has 1 heterocycles. The Kier molecular flexibility index (Phi) is 6.84. The average Bonchev–Trinajstić information content (AvgIpc) is 3.60. The van der Waals surface area contributed by atoms with Gasteiger partial charge < -0.3 is 9.32 Å². The number of para-hydroxylation sites is 2. The van der Waals surface area contributed by atoms with Crippen molar-refractivity contribution in [1.29, 1.82) is 0 Å². The standard InChI is InChI=1S/C46H31NO/c1-2-12-38(13-3-1)47(40-28-29-43-36(30-40)23-22-34-10-4-6-14-41(34)43)39-26-24-33(25-27-39)32-18-20-35(21-19-32)42-15-7-8-16-44(42)46-31-37-11-5-9-17-45(37)48-46/h1-31H. The first-order chi connectivity index (χ1) is 23.8. The van der Waals surface area contributed by atoms with Gasteiger partial charge in [0, 0.05) is 28.0 Å². The highest BCUT2D eigenvalue weighted by molar-refractivity contribution is 6.08. The molecule has 8 aromatic carbocycles. The SMILES string of the molecule is c1ccc(N(c2ccc(-c3ccc(-c4ccccc4-c4cc5ccccc5o4)cc3)cc2)c2ccc3c(ccc4ccccc43)c2)cc1. The van der Waals surface area contributed by atoms with Crippen molar-refractivity contribution in [3.8, 4) is 33.6 Å². The topological polar surface area (TPSA) is 16.4 Å². The van der Waals surface area contributed by atoms with Gasteiger partial charge in [-0.1, -0.05) is 140 Å². The lowest BCUT2D eigenvalue weighted by atomic mass is 9.96. The van der Waals surface area contributed by atoms with Gasteiger partial charge in [0.25, 0.3) is 0 Å². The van der Waals surface area contributed by atoms with Crippen molar-refractivity contribution in [2.24, 2.45) is 0 Å². The molecule has 2 nitrogen and oxygen atoms in total. The molecule has 48 heavy (non-hydrogen) atoms. The van der Waals surface area contributed by atoms with E-state index < -0.39 is 0 Å². The second-order valence-electron chi connectivity index (χ2n) is 12.2. The van der Waals surface area contributed by atoms with Crippen LogP contribution < -0.4 is 4.90 Å². The Morgan fingerprint density at radius 1 is 0.333 bits per heavy atom. The van der Waals surface area contributed by atoms with E-state index in [2.05, 4.69) is 175 Å². The van der Waals surface area contributed by atoms with Crippen molar-refractivity contribution in [3.63, 3.8) is 0 Å². The zero-order valence-electron chi connectivity index (χ0n) is 26.3. The van der Waals surface area contributed by atoms with Crippen LogP contribution in [0.3, 0.4) is 0 Å². The summed E-state index contributed by atoms with van der Waals surface area (Å²) in [5.41, 5.74) is 10.0. The quantitative estimate of drug-likeness (QED) is 0.174. The first kappa shape index (κ1) is 27.9. The fourth-order valence-electron chi connectivity index (χ4n) is 6.87. The number of rotatable bonds is 6. The molecule has 9 rings (SSSR count). The number of anilines is 3. The van der Waals surface area contributed by atoms with E-state index in [1.165, 1.54) is 32.7 Å². The average molecular weight is 614 g/mol. The normalized spacial score (nSPS) is 11.3. The summed E-state index contributed by atoms with van der Waals surface area (Å²) in [6, 6.07) is 66.9. The summed E-state index contributed by atoms with van der Waals surface area (Å²) in [4.78, 5) is 2.33. The highest BCUT2D eigenvalue weighted by atomic mass is 16.3. The molecule has 0 radical (unpaired) electrons. The Morgan fingerprint density at radius 3 is 1.69 bits per heavy atom. The van der Waals surface area contributed by atoms with Gasteiger partial charge in [0.15, 0.2) is 0 Å². The maximum Gasteiger partial charge on any atom is 0.136 e. The number of fused-ring (bicyclic) bond motifs is 4. The summed E-state index contributed by atoms with van der Waals surface area (Å²) >= 11 is 0. The lowest BCUT2D eigenvalue weighted by Gasteiger charge is -2.26. The van der Waals surface area contributed by atoms with E-state index >= 15 is 0 Å². The Hall–Kier alpha value is -6.38. The maximum atomic E-state index is 6.24. The molecular weight excluding hydrogens is 583 g/mol. The van der Waals surface area contributed by atoms with Gasteiger partial charge in [0.05, 0.1) is 0 Å². The minimum Gasteiger partial charge on any atom is -0.456 e. The fraction of sp³-hybridized carbons (Fsp3) is 0. The molecule has 0 atom stereocenters. The monoisotopic (exact) mass is 613 g/mol. The molecule has 0 saturated heterocycles. The smallest absolute Gasteiger partial charge is 0.136 e. The molecule has 0 saturated carbocycles. The summed E-state index contributed by atoms with van der Waals surface area (Å²) in [5, 5.41) is 6.15. The largest absolute Gasteiger partial charge is 0.456 e. The van der Waals surface area contributed by atoms with Crippen LogP contribution in [-0.4, -0.2) is 0 Å². The number of benzene rings is 8. The molecule has 0 unspecified atom stereocenters. The molecular formula is C46H31NO. The Balaban J connectivity index is 1.04. The van der Waals surface area contributed by atoms with E-state index in [1.807, 2.05) is 18.2 Å². The minimum absolute atomic E-state index is 0.884. The predicted octanol–water partition coefficient (Wildman–Crippen LogP) is 13.2. The summed E-state index contributed by atoms with van der Waals surface area (Å²) in [7, 11) is 0. The van der Waals surface area contributed by atoms with Gasteiger partial charge in [0.1, 0.15) is 11.3 Å². The van der Waals surface area contributed by atoms with Crippen LogP contribution in [0.15, 0.2) is 192 Å². The molecule has 0 fully saturated rings. The van der Waals surface area contributed by atoms with Crippen LogP contribution in [0.25, 0.3) is 66.1 Å². The van der Waals surface area contributed by atoms with E-state index in [0.717, 1.165) is 50.5 Å². The number of hydrogen-bond acceptors (Lipinski definition) is 2. The molecule has 9 aromatic rings. The van der Waals surface area contributed by atoms with Gasteiger partial charge in [-0.3, -0.25) is 0 Å². The number of furan rings is 1. The Labute approximate surface area is 279 Å². The molecule has 0 bridgehead atoms. The molecule has 0 aliphatic rings. The van der Waals surface area contributed by atoms with Crippen LogP contribution in [0.1, 0.15) is 0 Å². The van der Waals surface area contributed by atoms with E-state index in [-0.39, 0.29) is 0 Å². The molecule has 0 aliphatic heterocycles. The molecule has 226 valence electrons. The number of nitrogens with zero attached hydrogens (tertiary/aromatic N) is 1. The lowest BCUT2D eigenvalue weighted by molar-refractivity contribution is 0.632. The fourth-order valence-corrected chi connectivity index (χ4v) is 6.87. The van der Waals surface area contributed by atoms with Crippen molar-refractivity contribution in [3.05, 3.63) is 188 Å². The lowest BCUT2D eigenvalue weighted by Crippen LogP contribution is -2.09. The zero-order valence-corrected chi connectivity index (χ0v) is 26.3. The summed E-state index contributed by atoms with van der Waals surface area (Å²) in [5.74, 6) is 0.884. The maximum absolute atomic E-state index is 6.24. The molecule has 2 heteroatoms. The van der Waals surface area contributed by atoms with Crippen LogP contribution in [-0.2, 0) is 0 Å². The molecule has 0 spiro atoms. The van der Waals surface area contributed by atoms with Crippen molar-refractivity contribution in [2.75, 3.05) is 4.90 Å². The van der Waals surface area contributed by atoms with E-state index in [9.17, 15) is 0 Å². The van der Waals surface area contributed by atoms with Crippen LogP contribution >= 0.6 is 0 Å². The van der Waals surface area contributed by atoms with Crippen molar-refractivity contribution < 1.29 is 4.42 Å². The predicted molar refractivity (Wildman–Crippen MR) is 202 cm³/mol. The third kappa shape index (κ3) is 5.01. The second kappa shape index (κ2) is 11.8. The van der Waals surface area contributed by atoms with Gasteiger partial charge in [0.2, 0.25) is 0 Å². The first-order valence-electron chi connectivity index (χ1n) is 16.3. The summed E-state index contributed by atoms with van der Waals surface area (Å²) in [6.45, 7) is 0. The van der Waals surface area contributed by atoms with Gasteiger partial charge in [-0.25, -0.2) is 0 Å². The zero-order chi connectivity index (χ0) is 31.9. The summed E-state index contributed by atoms with van der Waals surface area (Å²) in [6.07, 6.45) is 0. The van der Waals surface area contributed by atoms with Crippen LogP contribution in [0.4, 0.5) is 17.1 Å². The minimum atomic E-state index is 0.884.